The van der Waals surface area contributed by atoms with Gasteiger partial charge in [0.05, 0.1) is 0 Å². The Labute approximate surface area is 87.9 Å². The second-order valence-electron chi connectivity index (χ2n) is 3.67. The van der Waals surface area contributed by atoms with Crippen molar-refractivity contribution in [1.29, 1.82) is 0 Å². The molecule has 1 atom stereocenters. The summed E-state index contributed by atoms with van der Waals surface area (Å²) in [6, 6.07) is 5.33. The molecule has 0 saturated heterocycles. The van der Waals surface area contributed by atoms with Crippen molar-refractivity contribution >= 4 is 11.8 Å². The maximum atomic E-state index is 13.4. The first-order valence-electron chi connectivity index (χ1n) is 4.91. The van der Waals surface area contributed by atoms with E-state index in [1.807, 2.05) is 6.07 Å². The number of fused-ring (bicyclic) bond motifs is 1. The minimum absolute atomic E-state index is 0.0785. The normalized spacial score (nSPS) is 21.4. The Morgan fingerprint density at radius 3 is 3.14 bits per heavy atom. The second kappa shape index (κ2) is 4.32. The third kappa shape index (κ3) is 1.93. The van der Waals surface area contributed by atoms with E-state index in [2.05, 4.69) is 0 Å². The second-order valence-corrected chi connectivity index (χ2v) is 4.78. The molecule has 1 aliphatic heterocycles. The fraction of sp³-hybridized carbons (Fsp3) is 0.455. The Balaban J connectivity index is 2.32. The van der Waals surface area contributed by atoms with Crippen molar-refractivity contribution in [3.05, 3.63) is 29.6 Å². The van der Waals surface area contributed by atoms with Crippen molar-refractivity contribution in [3.8, 4) is 0 Å². The average molecular weight is 211 g/mol. The average Bonchev–Trinajstić information content (AvgIpc) is 2.40. The van der Waals surface area contributed by atoms with Gasteiger partial charge in [-0.05, 0) is 42.7 Å². The molecular formula is C11H14FNS. The molecule has 1 unspecified atom stereocenters. The zero-order valence-electron chi connectivity index (χ0n) is 8.00. The van der Waals surface area contributed by atoms with Crippen LogP contribution in [0.2, 0.25) is 0 Å². The number of nitrogens with two attached hydrogens (primary N) is 1. The van der Waals surface area contributed by atoms with Crippen LogP contribution in [0, 0.1) is 11.7 Å². The van der Waals surface area contributed by atoms with Crippen LogP contribution in [0.15, 0.2) is 23.1 Å². The molecule has 3 heteroatoms. The Bertz CT molecular complexity index is 327. The van der Waals surface area contributed by atoms with Crippen molar-refractivity contribution in [2.75, 3.05) is 12.3 Å². The topological polar surface area (TPSA) is 26.0 Å². The fourth-order valence-electron chi connectivity index (χ4n) is 1.82. The first-order chi connectivity index (χ1) is 6.81. The van der Waals surface area contributed by atoms with E-state index < -0.39 is 0 Å². The maximum absolute atomic E-state index is 13.4. The third-order valence-electron chi connectivity index (χ3n) is 2.66. The van der Waals surface area contributed by atoms with Crippen LogP contribution in [0.3, 0.4) is 0 Å². The molecule has 1 aliphatic rings. The Kier molecular flexibility index (Phi) is 3.08. The number of rotatable bonds is 1. The van der Waals surface area contributed by atoms with Gasteiger partial charge in [-0.1, -0.05) is 12.1 Å². The van der Waals surface area contributed by atoms with Gasteiger partial charge >= 0.3 is 0 Å². The Morgan fingerprint density at radius 1 is 1.50 bits per heavy atom. The van der Waals surface area contributed by atoms with Crippen molar-refractivity contribution in [2.45, 2.75) is 17.7 Å². The molecule has 1 heterocycles. The van der Waals surface area contributed by atoms with Gasteiger partial charge in [0.25, 0.3) is 0 Å². The molecule has 0 saturated carbocycles. The maximum Gasteiger partial charge on any atom is 0.137 e. The molecular weight excluding hydrogens is 197 g/mol. The molecule has 2 N–H and O–H groups in total. The highest BCUT2D eigenvalue weighted by Crippen LogP contribution is 2.32. The van der Waals surface area contributed by atoms with Gasteiger partial charge in [0.15, 0.2) is 0 Å². The van der Waals surface area contributed by atoms with E-state index in [4.69, 9.17) is 5.73 Å². The minimum atomic E-state index is -0.0785. The zero-order chi connectivity index (χ0) is 9.97. The highest BCUT2D eigenvalue weighted by atomic mass is 32.2. The lowest BCUT2D eigenvalue weighted by Gasteiger charge is -2.10. The van der Waals surface area contributed by atoms with Crippen molar-refractivity contribution in [3.63, 3.8) is 0 Å². The molecule has 2 rings (SSSR count). The fourth-order valence-corrected chi connectivity index (χ4v) is 3.02. The summed E-state index contributed by atoms with van der Waals surface area (Å²) in [4.78, 5) is 0.837. The SMILES string of the molecule is NCC1CCSc2c(F)cccc2C1. The van der Waals surface area contributed by atoms with Crippen LogP contribution >= 0.6 is 11.8 Å². The van der Waals surface area contributed by atoms with E-state index in [9.17, 15) is 4.39 Å². The van der Waals surface area contributed by atoms with Crippen LogP contribution in [-0.2, 0) is 6.42 Å². The third-order valence-corrected chi connectivity index (χ3v) is 3.85. The largest absolute Gasteiger partial charge is 0.330 e. The monoisotopic (exact) mass is 211 g/mol. The molecule has 0 aliphatic carbocycles. The highest BCUT2D eigenvalue weighted by Gasteiger charge is 2.18. The summed E-state index contributed by atoms with van der Waals surface area (Å²) < 4.78 is 13.4. The molecule has 0 amide bonds. The van der Waals surface area contributed by atoms with E-state index in [1.165, 1.54) is 6.07 Å². The van der Waals surface area contributed by atoms with Crippen LogP contribution in [0.25, 0.3) is 0 Å². The number of benzene rings is 1. The molecule has 1 aromatic carbocycles. The van der Waals surface area contributed by atoms with Gasteiger partial charge in [-0.2, -0.15) is 0 Å². The number of thioether (sulfide) groups is 1. The standard InChI is InChI=1S/C11H14FNS/c12-10-3-1-2-9-6-8(7-13)4-5-14-11(9)10/h1-3,8H,4-7,13H2. The van der Waals surface area contributed by atoms with Crippen molar-refractivity contribution in [1.82, 2.24) is 0 Å². The molecule has 0 bridgehead atoms. The van der Waals surface area contributed by atoms with E-state index >= 15 is 0 Å². The van der Waals surface area contributed by atoms with Crippen LogP contribution in [-0.4, -0.2) is 12.3 Å². The summed E-state index contributed by atoms with van der Waals surface area (Å²) >= 11 is 1.62. The number of halogens is 1. The summed E-state index contributed by atoms with van der Waals surface area (Å²) in [6.45, 7) is 0.705. The first-order valence-corrected chi connectivity index (χ1v) is 5.90. The molecule has 76 valence electrons. The molecule has 0 aromatic heterocycles. The van der Waals surface area contributed by atoms with E-state index in [-0.39, 0.29) is 5.82 Å². The molecule has 1 aromatic rings. The van der Waals surface area contributed by atoms with Gasteiger partial charge in [-0.15, -0.1) is 11.8 Å². The smallest absolute Gasteiger partial charge is 0.137 e. The van der Waals surface area contributed by atoms with Gasteiger partial charge < -0.3 is 5.73 Å². The molecule has 14 heavy (non-hydrogen) atoms. The van der Waals surface area contributed by atoms with Gasteiger partial charge in [0, 0.05) is 4.90 Å². The lowest BCUT2D eigenvalue weighted by atomic mass is 9.97. The van der Waals surface area contributed by atoms with E-state index in [0.717, 1.165) is 29.1 Å². The van der Waals surface area contributed by atoms with Crippen LogP contribution in [0.5, 0.6) is 0 Å². The minimum Gasteiger partial charge on any atom is -0.330 e. The molecule has 0 fully saturated rings. The van der Waals surface area contributed by atoms with Crippen molar-refractivity contribution in [2.24, 2.45) is 11.7 Å². The van der Waals surface area contributed by atoms with Crippen LogP contribution in [0.1, 0.15) is 12.0 Å². The summed E-state index contributed by atoms with van der Waals surface area (Å²) in [6.07, 6.45) is 2.02. The van der Waals surface area contributed by atoms with E-state index in [1.54, 1.807) is 17.8 Å². The highest BCUT2D eigenvalue weighted by molar-refractivity contribution is 7.99. The van der Waals surface area contributed by atoms with Crippen LogP contribution < -0.4 is 5.73 Å². The zero-order valence-corrected chi connectivity index (χ0v) is 8.82. The van der Waals surface area contributed by atoms with Crippen molar-refractivity contribution < 1.29 is 4.39 Å². The molecule has 0 spiro atoms. The van der Waals surface area contributed by atoms with E-state index in [0.29, 0.717) is 12.5 Å². The number of hydrogen-bond acceptors (Lipinski definition) is 2. The van der Waals surface area contributed by atoms with Gasteiger partial charge in [-0.25, -0.2) is 4.39 Å². The van der Waals surface area contributed by atoms with Crippen LogP contribution in [0.4, 0.5) is 4.39 Å². The summed E-state index contributed by atoms with van der Waals surface area (Å²) in [7, 11) is 0. The summed E-state index contributed by atoms with van der Waals surface area (Å²) in [5, 5.41) is 0. The lowest BCUT2D eigenvalue weighted by molar-refractivity contribution is 0.519. The first kappa shape index (κ1) is 9.99. The lowest BCUT2D eigenvalue weighted by Crippen LogP contribution is -2.16. The Morgan fingerprint density at radius 2 is 2.36 bits per heavy atom. The Hall–Kier alpha value is -0.540. The number of hydrogen-bond donors (Lipinski definition) is 1. The quantitative estimate of drug-likeness (QED) is 0.772. The predicted octanol–water partition coefficient (Wildman–Crippen LogP) is 2.44. The van der Waals surface area contributed by atoms with Gasteiger partial charge in [0.1, 0.15) is 5.82 Å². The molecule has 0 radical (unpaired) electrons. The van der Waals surface area contributed by atoms with Gasteiger partial charge in [0.2, 0.25) is 0 Å². The molecule has 1 nitrogen and oxygen atoms in total. The van der Waals surface area contributed by atoms with Gasteiger partial charge in [-0.3, -0.25) is 0 Å². The summed E-state index contributed by atoms with van der Waals surface area (Å²) in [5.41, 5.74) is 6.79. The summed E-state index contributed by atoms with van der Waals surface area (Å²) in [5.74, 6) is 1.42. The predicted molar refractivity (Wildman–Crippen MR) is 58.0 cm³/mol.